The van der Waals surface area contributed by atoms with Gasteiger partial charge in [0.2, 0.25) is 0 Å². The summed E-state index contributed by atoms with van der Waals surface area (Å²) in [6, 6.07) is 3.57. The topological polar surface area (TPSA) is 281 Å². The van der Waals surface area contributed by atoms with Gasteiger partial charge in [-0.05, 0) is 12.1 Å². The van der Waals surface area contributed by atoms with Crippen LogP contribution in [0, 0.1) is 0 Å². The summed E-state index contributed by atoms with van der Waals surface area (Å²) in [6.45, 7) is 0. The summed E-state index contributed by atoms with van der Waals surface area (Å²) in [6.07, 6.45) is 0. The molecule has 0 aliphatic heterocycles. The molecule has 0 unspecified atom stereocenters. The van der Waals surface area contributed by atoms with Gasteiger partial charge in [-0.25, -0.2) is 9.97 Å². The number of hydrogen-bond donors (Lipinski definition) is 0. The molecule has 2 radical (unpaired) electrons. The molecule has 0 aliphatic rings. The number of carbonyl (C=O) groups excluding carboxylic acids is 2. The zero-order chi connectivity index (χ0) is 14.9. The average Bonchev–Trinajstić information content (AvgIpc) is 2.39. The third kappa shape index (κ3) is 7.31. The molecule has 2 rings (SSSR count). The average molecular weight is 473 g/mol. The molecule has 0 saturated carbocycles. The zero-order valence-corrected chi connectivity index (χ0v) is 14.3. The summed E-state index contributed by atoms with van der Waals surface area (Å²) in [7, 11) is 0. The van der Waals surface area contributed by atoms with Crippen molar-refractivity contribution in [1.82, 2.24) is 9.97 Å². The number of carbonyl (C=O) groups is 2. The van der Waals surface area contributed by atoms with Gasteiger partial charge in [0, 0.05) is 0 Å². The van der Waals surface area contributed by atoms with Crippen molar-refractivity contribution in [2.45, 2.75) is 0 Å². The van der Waals surface area contributed by atoms with Crippen LogP contribution >= 0.6 is 0 Å². The molecule has 0 bridgehead atoms. The van der Waals surface area contributed by atoms with E-state index in [0.717, 1.165) is 24.3 Å². The van der Waals surface area contributed by atoms with Crippen molar-refractivity contribution in [1.29, 1.82) is 0 Å². The van der Waals surface area contributed by atoms with E-state index < -0.39 is 46.2 Å². The number of aromatic carboxylic acids is 2. The number of nitrogens with zero attached hydrogens (tertiary/aromatic N) is 2. The Kier molecular flexibility index (Phi) is 18.7. The van der Waals surface area contributed by atoms with Crippen LogP contribution < -0.4 is 20.4 Å². The molecule has 0 aliphatic carbocycles. The second kappa shape index (κ2) is 13.9. The molecule has 0 fully saturated rings. The second-order valence-corrected chi connectivity index (χ2v) is 3.66. The molecule has 2 aromatic heterocycles. The third-order valence-corrected chi connectivity index (χ3v) is 2.36. The third-order valence-electron chi connectivity index (χ3n) is 2.36. The maximum atomic E-state index is 11.6. The van der Waals surface area contributed by atoms with Gasteiger partial charge in [-0.1, -0.05) is 23.6 Å². The molecule has 0 saturated heterocycles. The van der Waals surface area contributed by atoms with Gasteiger partial charge in [-0.3, -0.25) is 0 Å². The summed E-state index contributed by atoms with van der Waals surface area (Å²) < 4.78 is 0. The summed E-state index contributed by atoms with van der Waals surface area (Å²) >= 11 is 0. The van der Waals surface area contributed by atoms with E-state index in [0.29, 0.717) is 0 Å². The normalized spacial score (nSPS) is 7.85. The first-order valence-corrected chi connectivity index (χ1v) is 5.19. The fraction of sp³-hybridized carbons (Fsp3) is 0. The molecule has 26 heavy (non-hydrogen) atoms. The molecule has 0 spiro atoms. The molecule has 0 atom stereocenters. The molecular weight excluding hydrogens is 459 g/mol. The fourth-order valence-electron chi connectivity index (χ4n) is 1.46. The van der Waals surface area contributed by atoms with Gasteiger partial charge in [0.05, 0.1) is 34.7 Å². The van der Waals surface area contributed by atoms with Crippen LogP contribution in [0.2, 0.25) is 0 Å². The smallest absolute Gasteiger partial charge is 0.871 e. The number of carboxylic acid groups (broad SMARTS) is 2. The van der Waals surface area contributed by atoms with E-state index in [9.17, 15) is 30.0 Å². The Bertz CT molecular complexity index is 668. The minimum absolute atomic E-state index is 0. The minimum atomic E-state index is -1.64. The Hall–Kier alpha value is -2.28. The van der Waals surface area contributed by atoms with Gasteiger partial charge >= 0.3 is 34.1 Å². The Balaban J connectivity index is -0.000000245. The van der Waals surface area contributed by atoms with Crippen molar-refractivity contribution in [3.63, 3.8) is 0 Å². The SMILES string of the molecule is O.O.O=C([O-])c1ccc([O-])c(-c2nc(C(=O)[O-])ccc2[O-])n1.[Cu+2].[Cu+2].[OH3+].[OH3+]. The maximum Gasteiger partial charge on any atom is 2.00 e. The Morgan fingerprint density at radius 1 is 0.692 bits per heavy atom. The van der Waals surface area contributed by atoms with E-state index in [1.165, 1.54) is 0 Å². The van der Waals surface area contributed by atoms with E-state index in [-0.39, 0.29) is 56.0 Å². The first-order valence-electron chi connectivity index (χ1n) is 5.19. The van der Waals surface area contributed by atoms with Crippen LogP contribution in [0.4, 0.5) is 0 Å². The number of carboxylic acids is 2. The van der Waals surface area contributed by atoms with Crippen molar-refractivity contribution >= 4 is 11.9 Å². The van der Waals surface area contributed by atoms with E-state index in [1.54, 1.807) is 0 Å². The van der Waals surface area contributed by atoms with Crippen LogP contribution in [0.15, 0.2) is 24.3 Å². The molecule has 0 aromatic carbocycles. The van der Waals surface area contributed by atoms with Crippen LogP contribution in [0.25, 0.3) is 11.4 Å². The van der Waals surface area contributed by atoms with Gasteiger partial charge in [-0.15, -0.1) is 0 Å². The Labute approximate surface area is 166 Å². The van der Waals surface area contributed by atoms with Crippen LogP contribution in [-0.4, -0.2) is 32.9 Å². The monoisotopic (exact) mass is 472 g/mol. The van der Waals surface area contributed by atoms with Crippen LogP contribution in [-0.2, 0) is 45.1 Å². The minimum Gasteiger partial charge on any atom is -0.871 e. The van der Waals surface area contributed by atoms with E-state index in [2.05, 4.69) is 9.97 Å². The first kappa shape index (κ1) is 34.9. The molecule has 14 heteroatoms. The second-order valence-electron chi connectivity index (χ2n) is 3.66. The van der Waals surface area contributed by atoms with E-state index >= 15 is 0 Å². The molecule has 152 valence electrons. The maximum absolute atomic E-state index is 11.6. The van der Waals surface area contributed by atoms with Crippen LogP contribution in [0.3, 0.4) is 0 Å². The van der Waals surface area contributed by atoms with Crippen molar-refractivity contribution in [3.8, 4) is 22.9 Å². The molecule has 10 N–H and O–H groups in total. The number of hydrogen-bond acceptors (Lipinski definition) is 8. The molecule has 2 heterocycles. The van der Waals surface area contributed by atoms with E-state index in [4.69, 9.17) is 0 Å². The van der Waals surface area contributed by atoms with Crippen molar-refractivity contribution in [2.75, 3.05) is 0 Å². The van der Waals surface area contributed by atoms with Crippen molar-refractivity contribution < 1.29 is 86.1 Å². The summed E-state index contributed by atoms with van der Waals surface area (Å²) in [5.74, 6) is -4.82. The molecule has 0 amide bonds. The van der Waals surface area contributed by atoms with Crippen molar-refractivity contribution in [2.24, 2.45) is 0 Å². The Morgan fingerprint density at radius 2 is 0.962 bits per heavy atom. The standard InChI is InChI=1S/C12H8N2O6.2Cu.4H2O/c15-7-3-1-5(11(17)18)13-9(7)10-8(16)4-2-6(14-10)12(19)20;;;;;;/h1-4,15-16H,(H,17,18)(H,19,20);;;4*1H2/q;2*+2;;;;/p-2. The van der Waals surface area contributed by atoms with E-state index in [1.807, 2.05) is 0 Å². The van der Waals surface area contributed by atoms with Gasteiger partial charge in [0.1, 0.15) is 0 Å². The Morgan fingerprint density at radius 3 is 1.19 bits per heavy atom. The summed E-state index contributed by atoms with van der Waals surface area (Å²) in [4.78, 5) is 28.3. The quantitative estimate of drug-likeness (QED) is 0.304. The van der Waals surface area contributed by atoms with Crippen LogP contribution in [0.5, 0.6) is 11.5 Å². The van der Waals surface area contributed by atoms with Gasteiger partial charge in [0.15, 0.2) is 0 Å². The molecule has 12 nitrogen and oxygen atoms in total. The van der Waals surface area contributed by atoms with Gasteiger partial charge < -0.3 is 51.9 Å². The summed E-state index contributed by atoms with van der Waals surface area (Å²) in [5, 5.41) is 44.6. The first-order chi connectivity index (χ1) is 9.40. The zero-order valence-electron chi connectivity index (χ0n) is 12.4. The fourth-order valence-corrected chi connectivity index (χ4v) is 1.46. The van der Waals surface area contributed by atoms with Crippen LogP contribution in [0.1, 0.15) is 21.0 Å². The van der Waals surface area contributed by atoms with Gasteiger partial charge in [0.25, 0.3) is 0 Å². The predicted molar refractivity (Wildman–Crippen MR) is 72.0 cm³/mol. The number of aromatic nitrogens is 2. The van der Waals surface area contributed by atoms with Crippen molar-refractivity contribution in [3.05, 3.63) is 35.7 Å². The molecular formula is C12H14Cu2N2O10+2. The predicted octanol–water partition coefficient (Wildman–Crippen LogP) is -6.48. The largest absolute Gasteiger partial charge is 2.00 e. The number of rotatable bonds is 3. The molecule has 2 aromatic rings. The number of pyridine rings is 2. The van der Waals surface area contributed by atoms with Gasteiger partial charge in [-0.2, -0.15) is 0 Å². The summed E-state index contributed by atoms with van der Waals surface area (Å²) in [5.41, 5.74) is -2.25.